The van der Waals surface area contributed by atoms with Crippen LogP contribution in [0, 0.1) is 0 Å². The van der Waals surface area contributed by atoms with Crippen molar-refractivity contribution in [2.24, 2.45) is 5.10 Å². The lowest BCUT2D eigenvalue weighted by Crippen LogP contribution is -2.20. The number of amides is 1. The summed E-state index contributed by atoms with van der Waals surface area (Å²) in [6.07, 6.45) is 1.69. The van der Waals surface area contributed by atoms with E-state index >= 15 is 0 Å². The smallest absolute Gasteiger partial charge is 0.267 e. The first kappa shape index (κ1) is 17.5. The van der Waals surface area contributed by atoms with Crippen LogP contribution in [-0.4, -0.2) is 21.6 Å². The zero-order valence-electron chi connectivity index (χ0n) is 15.3. The normalized spacial score (nSPS) is 11.4. The largest absolute Gasteiger partial charge is 0.272 e. The van der Waals surface area contributed by atoms with Crippen LogP contribution in [0.15, 0.2) is 90.2 Å². The van der Waals surface area contributed by atoms with Crippen molar-refractivity contribution >= 4 is 22.5 Å². The van der Waals surface area contributed by atoms with Gasteiger partial charge >= 0.3 is 0 Å². The van der Waals surface area contributed by atoms with E-state index < -0.39 is 0 Å². The molecule has 0 saturated heterocycles. The summed E-state index contributed by atoms with van der Waals surface area (Å²) >= 11 is 0. The third-order valence-corrected chi connectivity index (χ3v) is 4.39. The summed E-state index contributed by atoms with van der Waals surface area (Å²) in [5.41, 5.74) is 6.99. The van der Waals surface area contributed by atoms with Crippen molar-refractivity contribution in [3.8, 4) is 11.3 Å². The van der Waals surface area contributed by atoms with Crippen LogP contribution in [0.5, 0.6) is 0 Å². The molecule has 0 bridgehead atoms. The van der Waals surface area contributed by atoms with Gasteiger partial charge in [-0.1, -0.05) is 54.6 Å². The Hall–Kier alpha value is -3.86. The Bertz CT molecular complexity index is 1160. The molecule has 0 aliphatic heterocycles. The van der Waals surface area contributed by atoms with Crippen LogP contribution in [-0.2, 0) is 0 Å². The van der Waals surface area contributed by atoms with Crippen LogP contribution in [0.3, 0.4) is 0 Å². The summed E-state index contributed by atoms with van der Waals surface area (Å²) in [5, 5.41) is 5.00. The molecule has 136 valence electrons. The molecule has 28 heavy (non-hydrogen) atoms. The van der Waals surface area contributed by atoms with Crippen molar-refractivity contribution in [2.45, 2.75) is 6.92 Å². The highest BCUT2D eigenvalue weighted by atomic mass is 16.2. The zero-order chi connectivity index (χ0) is 19.3. The molecule has 5 heteroatoms. The maximum atomic E-state index is 12.9. The van der Waals surface area contributed by atoms with E-state index in [9.17, 15) is 4.79 Å². The minimum atomic E-state index is -0.286. The number of hydrogen-bond donors (Lipinski definition) is 1. The van der Waals surface area contributed by atoms with E-state index in [-0.39, 0.29) is 5.91 Å². The van der Waals surface area contributed by atoms with Gasteiger partial charge in [-0.3, -0.25) is 9.78 Å². The average Bonchev–Trinajstić information content (AvgIpc) is 2.77. The summed E-state index contributed by atoms with van der Waals surface area (Å²) in [6, 6.07) is 24.8. The number of carbonyl (C=O) groups is 1. The quantitative estimate of drug-likeness (QED) is 0.429. The Morgan fingerprint density at radius 3 is 2.46 bits per heavy atom. The number of carbonyl (C=O) groups excluding carboxylic acids is 1. The second-order valence-corrected chi connectivity index (χ2v) is 6.29. The Morgan fingerprint density at radius 1 is 0.929 bits per heavy atom. The monoisotopic (exact) mass is 366 g/mol. The summed E-state index contributed by atoms with van der Waals surface area (Å²) in [5.74, 6) is -0.286. The molecule has 0 spiro atoms. The van der Waals surface area contributed by atoms with Gasteiger partial charge in [-0.15, -0.1) is 0 Å². The van der Waals surface area contributed by atoms with Crippen molar-refractivity contribution in [3.05, 3.63) is 96.3 Å². The fourth-order valence-electron chi connectivity index (χ4n) is 2.95. The van der Waals surface area contributed by atoms with Gasteiger partial charge in [0.25, 0.3) is 5.91 Å². The lowest BCUT2D eigenvalue weighted by Gasteiger charge is -2.09. The molecule has 4 aromatic rings. The van der Waals surface area contributed by atoms with E-state index in [1.54, 1.807) is 12.3 Å². The predicted molar refractivity (Wildman–Crippen MR) is 111 cm³/mol. The van der Waals surface area contributed by atoms with E-state index in [2.05, 4.69) is 15.5 Å². The summed E-state index contributed by atoms with van der Waals surface area (Å²) in [7, 11) is 0. The lowest BCUT2D eigenvalue weighted by molar-refractivity contribution is 0.0956. The fourth-order valence-corrected chi connectivity index (χ4v) is 2.95. The minimum absolute atomic E-state index is 0.286. The molecule has 0 saturated carbocycles. The van der Waals surface area contributed by atoms with Crippen LogP contribution in [0.25, 0.3) is 22.2 Å². The van der Waals surface area contributed by atoms with Crippen molar-refractivity contribution in [1.82, 2.24) is 15.4 Å². The van der Waals surface area contributed by atoms with E-state index in [0.717, 1.165) is 22.2 Å². The highest BCUT2D eigenvalue weighted by molar-refractivity contribution is 6.08. The molecule has 0 aliphatic rings. The van der Waals surface area contributed by atoms with Crippen LogP contribution in [0.4, 0.5) is 0 Å². The van der Waals surface area contributed by atoms with E-state index in [1.807, 2.05) is 79.7 Å². The second kappa shape index (κ2) is 7.80. The number of pyridine rings is 2. The van der Waals surface area contributed by atoms with Gasteiger partial charge in [-0.2, -0.15) is 5.10 Å². The van der Waals surface area contributed by atoms with E-state index in [0.29, 0.717) is 17.0 Å². The molecular formula is C23H18N4O. The molecular weight excluding hydrogens is 348 g/mol. The topological polar surface area (TPSA) is 67.2 Å². The summed E-state index contributed by atoms with van der Waals surface area (Å²) in [6.45, 7) is 1.81. The maximum absolute atomic E-state index is 12.9. The molecule has 0 aliphatic carbocycles. The Balaban J connectivity index is 1.72. The molecule has 5 nitrogen and oxygen atoms in total. The number of nitrogens with zero attached hydrogens (tertiary/aromatic N) is 3. The molecule has 2 aromatic heterocycles. The molecule has 0 fully saturated rings. The third kappa shape index (κ3) is 3.64. The number of hydrazone groups is 1. The first-order chi connectivity index (χ1) is 13.7. The molecule has 0 atom stereocenters. The van der Waals surface area contributed by atoms with Gasteiger partial charge in [0.2, 0.25) is 0 Å². The van der Waals surface area contributed by atoms with Gasteiger partial charge in [0, 0.05) is 17.1 Å². The summed E-state index contributed by atoms with van der Waals surface area (Å²) in [4.78, 5) is 21.9. The predicted octanol–water partition coefficient (Wildman–Crippen LogP) is 4.45. The van der Waals surface area contributed by atoms with Crippen LogP contribution < -0.4 is 5.43 Å². The standard InChI is InChI=1S/C23H18N4O/c1-16(20-12-7-8-14-24-20)26-27-23(28)19-15-22(17-9-3-2-4-10-17)25-21-13-6-5-11-18(19)21/h2-15H,1H3,(H,27,28)/b26-16+. The number of benzene rings is 2. The number of para-hydroxylation sites is 1. The van der Waals surface area contributed by atoms with Crippen LogP contribution >= 0.6 is 0 Å². The van der Waals surface area contributed by atoms with Crippen LogP contribution in [0.2, 0.25) is 0 Å². The molecule has 1 N–H and O–H groups in total. The SMILES string of the molecule is C/C(=N\NC(=O)c1cc(-c2ccccc2)nc2ccccc12)c1ccccn1. The van der Waals surface area contributed by atoms with Crippen LogP contribution in [0.1, 0.15) is 23.0 Å². The Kier molecular flexibility index (Phi) is 4.89. The van der Waals surface area contributed by atoms with Gasteiger partial charge in [-0.05, 0) is 31.2 Å². The lowest BCUT2D eigenvalue weighted by atomic mass is 10.0. The number of fused-ring (bicyclic) bond motifs is 1. The van der Waals surface area contributed by atoms with Gasteiger partial charge < -0.3 is 0 Å². The molecule has 1 amide bonds. The average molecular weight is 366 g/mol. The highest BCUT2D eigenvalue weighted by Gasteiger charge is 2.13. The van der Waals surface area contributed by atoms with Gasteiger partial charge in [0.05, 0.1) is 28.2 Å². The first-order valence-corrected chi connectivity index (χ1v) is 8.93. The van der Waals surface area contributed by atoms with Gasteiger partial charge in [-0.25, -0.2) is 10.4 Å². The van der Waals surface area contributed by atoms with E-state index in [1.165, 1.54) is 0 Å². The zero-order valence-corrected chi connectivity index (χ0v) is 15.3. The van der Waals surface area contributed by atoms with Crippen molar-refractivity contribution < 1.29 is 4.79 Å². The molecule has 0 unspecified atom stereocenters. The fraction of sp³-hybridized carbons (Fsp3) is 0.0435. The van der Waals surface area contributed by atoms with Crippen molar-refractivity contribution in [1.29, 1.82) is 0 Å². The van der Waals surface area contributed by atoms with Gasteiger partial charge in [0.15, 0.2) is 0 Å². The third-order valence-electron chi connectivity index (χ3n) is 4.39. The molecule has 2 heterocycles. The maximum Gasteiger partial charge on any atom is 0.272 e. The van der Waals surface area contributed by atoms with E-state index in [4.69, 9.17) is 4.98 Å². The Labute approximate surface area is 162 Å². The first-order valence-electron chi connectivity index (χ1n) is 8.93. The molecule has 0 radical (unpaired) electrons. The minimum Gasteiger partial charge on any atom is -0.267 e. The summed E-state index contributed by atoms with van der Waals surface area (Å²) < 4.78 is 0. The van der Waals surface area contributed by atoms with Gasteiger partial charge in [0.1, 0.15) is 0 Å². The number of rotatable bonds is 4. The number of aromatic nitrogens is 2. The number of nitrogens with one attached hydrogen (secondary N) is 1. The van der Waals surface area contributed by atoms with Crippen molar-refractivity contribution in [2.75, 3.05) is 0 Å². The molecule has 2 aromatic carbocycles. The Morgan fingerprint density at radius 2 is 1.68 bits per heavy atom. The molecule has 4 rings (SSSR count). The van der Waals surface area contributed by atoms with Crippen molar-refractivity contribution in [3.63, 3.8) is 0 Å². The second-order valence-electron chi connectivity index (χ2n) is 6.29. The number of hydrogen-bond acceptors (Lipinski definition) is 4. The highest BCUT2D eigenvalue weighted by Crippen LogP contribution is 2.24.